The third-order valence-corrected chi connectivity index (χ3v) is 5.51. The first kappa shape index (κ1) is 15.5. The lowest BCUT2D eigenvalue weighted by Gasteiger charge is -2.27. The highest BCUT2D eigenvalue weighted by molar-refractivity contribution is 9.10. The summed E-state index contributed by atoms with van der Waals surface area (Å²) < 4.78 is 1.31. The molecule has 1 atom stereocenters. The molecule has 1 aromatic rings. The van der Waals surface area contributed by atoms with E-state index in [9.17, 15) is 0 Å². The maximum atomic E-state index is 3.80. The van der Waals surface area contributed by atoms with Crippen molar-refractivity contribution in [3.63, 3.8) is 0 Å². The average molecular weight is 352 g/mol. The van der Waals surface area contributed by atoms with Crippen LogP contribution in [0.5, 0.6) is 0 Å². The average Bonchev–Trinajstić information content (AvgIpc) is 2.92. The summed E-state index contributed by atoms with van der Waals surface area (Å²) in [6.07, 6.45) is 2.44. The van der Waals surface area contributed by atoms with Gasteiger partial charge in [-0.3, -0.25) is 0 Å². The number of benzene rings is 1. The Morgan fingerprint density at radius 1 is 1.24 bits per heavy atom. The van der Waals surface area contributed by atoms with Gasteiger partial charge in [-0.2, -0.15) is 0 Å². The van der Waals surface area contributed by atoms with Gasteiger partial charge in [0.1, 0.15) is 0 Å². The molecular weight excluding hydrogens is 326 g/mol. The van der Waals surface area contributed by atoms with Crippen LogP contribution in [0.3, 0.4) is 0 Å². The normalized spacial score (nSPS) is 24.6. The van der Waals surface area contributed by atoms with E-state index < -0.39 is 0 Å². The van der Waals surface area contributed by atoms with Crippen LogP contribution in [0.1, 0.15) is 23.5 Å². The molecule has 0 amide bonds. The largest absolute Gasteiger partial charge is 0.314 e. The Labute approximate surface area is 136 Å². The second kappa shape index (κ2) is 7.23. The van der Waals surface area contributed by atoms with Gasteiger partial charge < -0.3 is 15.1 Å². The van der Waals surface area contributed by atoms with E-state index >= 15 is 0 Å². The summed E-state index contributed by atoms with van der Waals surface area (Å²) in [5.41, 5.74) is 2.95. The molecule has 4 heteroatoms. The number of likely N-dealkylation sites (N-methyl/N-ethyl adjacent to an activating group) is 1. The van der Waals surface area contributed by atoms with E-state index in [0.29, 0.717) is 5.92 Å². The molecule has 2 heterocycles. The van der Waals surface area contributed by atoms with E-state index in [0.717, 1.165) is 19.5 Å². The van der Waals surface area contributed by atoms with Gasteiger partial charge in [0.2, 0.25) is 0 Å². The van der Waals surface area contributed by atoms with Gasteiger partial charge >= 0.3 is 0 Å². The van der Waals surface area contributed by atoms with Gasteiger partial charge in [-0.05, 0) is 49.5 Å². The molecule has 1 N–H and O–H groups in total. The van der Waals surface area contributed by atoms with Crippen molar-refractivity contribution >= 4 is 15.9 Å². The minimum absolute atomic E-state index is 0.701. The van der Waals surface area contributed by atoms with Crippen molar-refractivity contribution in [1.29, 1.82) is 0 Å². The number of hydrogen-bond donors (Lipinski definition) is 1. The van der Waals surface area contributed by atoms with Crippen LogP contribution in [0.2, 0.25) is 0 Å². The Bertz CT molecular complexity index is 471. The summed E-state index contributed by atoms with van der Waals surface area (Å²) in [7, 11) is 2.22. The molecule has 0 bridgehead atoms. The Hall–Kier alpha value is -0.420. The number of rotatable bonds is 4. The summed E-state index contributed by atoms with van der Waals surface area (Å²) in [4.78, 5) is 4.99. The van der Waals surface area contributed by atoms with Gasteiger partial charge in [-0.15, -0.1) is 0 Å². The van der Waals surface area contributed by atoms with Gasteiger partial charge in [0.25, 0.3) is 0 Å². The summed E-state index contributed by atoms with van der Waals surface area (Å²) in [6, 6.07) is 7.03. The van der Waals surface area contributed by atoms with Gasteiger partial charge in [-0.1, -0.05) is 28.1 Å². The number of hydrogen-bond acceptors (Lipinski definition) is 3. The van der Waals surface area contributed by atoms with Gasteiger partial charge in [0, 0.05) is 43.7 Å². The maximum Gasteiger partial charge on any atom is 0.0213 e. The van der Waals surface area contributed by atoms with Crippen LogP contribution >= 0.6 is 15.9 Å². The van der Waals surface area contributed by atoms with E-state index in [1.165, 1.54) is 54.7 Å². The summed E-state index contributed by atoms with van der Waals surface area (Å²) in [5, 5.41) is 3.41. The number of nitrogens with zero attached hydrogens (tertiary/aromatic N) is 2. The van der Waals surface area contributed by atoms with E-state index in [-0.39, 0.29) is 0 Å². The minimum Gasteiger partial charge on any atom is -0.314 e. The molecule has 0 aromatic heterocycles. The third-order valence-electron chi connectivity index (χ3n) is 4.82. The lowest BCUT2D eigenvalue weighted by molar-refractivity contribution is 0.244. The van der Waals surface area contributed by atoms with Crippen molar-refractivity contribution in [1.82, 2.24) is 15.1 Å². The summed E-state index contributed by atoms with van der Waals surface area (Å²) >= 11 is 3.80. The molecule has 0 radical (unpaired) electrons. The predicted octanol–water partition coefficient (Wildman–Crippen LogP) is 2.32. The van der Waals surface area contributed by atoms with Gasteiger partial charge in [0.05, 0.1) is 0 Å². The molecule has 116 valence electrons. The quantitative estimate of drug-likeness (QED) is 0.897. The lowest BCUT2D eigenvalue weighted by atomic mass is 9.96. The zero-order chi connectivity index (χ0) is 14.7. The molecule has 2 aliphatic heterocycles. The predicted molar refractivity (Wildman–Crippen MR) is 92.0 cm³/mol. The van der Waals surface area contributed by atoms with Gasteiger partial charge in [-0.25, -0.2) is 0 Å². The van der Waals surface area contributed by atoms with Crippen LogP contribution < -0.4 is 5.32 Å². The van der Waals surface area contributed by atoms with E-state index in [4.69, 9.17) is 0 Å². The van der Waals surface area contributed by atoms with Gasteiger partial charge in [0.15, 0.2) is 0 Å². The second-order valence-electron chi connectivity index (χ2n) is 6.45. The molecular formula is C17H26BrN3. The summed E-state index contributed by atoms with van der Waals surface area (Å²) in [5.74, 6) is 0.701. The molecule has 3 rings (SSSR count). The Balaban J connectivity index is 1.58. The lowest BCUT2D eigenvalue weighted by Crippen LogP contribution is -2.44. The SMILES string of the molecule is CN1CCC(c2ccc(CCN3CCNCC3)cc2Br)C1. The van der Waals surface area contributed by atoms with E-state index in [1.54, 1.807) is 0 Å². The first-order chi connectivity index (χ1) is 10.2. The van der Waals surface area contributed by atoms with Crippen LogP contribution in [0, 0.1) is 0 Å². The highest BCUT2D eigenvalue weighted by Gasteiger charge is 2.22. The topological polar surface area (TPSA) is 18.5 Å². The van der Waals surface area contributed by atoms with Crippen molar-refractivity contribution in [2.24, 2.45) is 0 Å². The minimum atomic E-state index is 0.701. The number of nitrogens with one attached hydrogen (secondary N) is 1. The smallest absolute Gasteiger partial charge is 0.0213 e. The van der Waals surface area contributed by atoms with Crippen LogP contribution in [-0.4, -0.2) is 62.7 Å². The molecule has 2 aliphatic rings. The van der Waals surface area contributed by atoms with Crippen LogP contribution in [0.4, 0.5) is 0 Å². The second-order valence-corrected chi connectivity index (χ2v) is 7.30. The van der Waals surface area contributed by atoms with Crippen molar-refractivity contribution in [2.75, 3.05) is 52.9 Å². The van der Waals surface area contributed by atoms with E-state index in [2.05, 4.69) is 56.3 Å². The van der Waals surface area contributed by atoms with Crippen molar-refractivity contribution in [3.05, 3.63) is 33.8 Å². The van der Waals surface area contributed by atoms with Crippen molar-refractivity contribution < 1.29 is 0 Å². The molecule has 0 saturated carbocycles. The van der Waals surface area contributed by atoms with Crippen molar-refractivity contribution in [3.8, 4) is 0 Å². The van der Waals surface area contributed by atoms with E-state index in [1.807, 2.05) is 0 Å². The monoisotopic (exact) mass is 351 g/mol. The number of piperazine rings is 1. The zero-order valence-electron chi connectivity index (χ0n) is 12.9. The Morgan fingerprint density at radius 2 is 2.05 bits per heavy atom. The zero-order valence-corrected chi connectivity index (χ0v) is 14.5. The van der Waals surface area contributed by atoms with Crippen molar-refractivity contribution in [2.45, 2.75) is 18.8 Å². The first-order valence-corrected chi connectivity index (χ1v) is 8.91. The number of likely N-dealkylation sites (tertiary alicyclic amines) is 1. The fourth-order valence-electron chi connectivity index (χ4n) is 3.47. The van der Waals surface area contributed by atoms with Crippen LogP contribution in [-0.2, 0) is 6.42 Å². The molecule has 21 heavy (non-hydrogen) atoms. The fraction of sp³-hybridized carbons (Fsp3) is 0.647. The van der Waals surface area contributed by atoms with Crippen LogP contribution in [0.15, 0.2) is 22.7 Å². The standard InChI is InChI=1S/C17H26BrN3/c1-20-8-5-15(13-20)16-3-2-14(12-17(16)18)4-9-21-10-6-19-7-11-21/h2-3,12,15,19H,4-11,13H2,1H3. The molecule has 2 saturated heterocycles. The fourth-order valence-corrected chi connectivity index (χ4v) is 4.22. The maximum absolute atomic E-state index is 3.80. The molecule has 0 spiro atoms. The Kier molecular flexibility index (Phi) is 5.33. The highest BCUT2D eigenvalue weighted by Crippen LogP contribution is 2.32. The first-order valence-electron chi connectivity index (χ1n) is 8.12. The van der Waals surface area contributed by atoms with Crippen LogP contribution in [0.25, 0.3) is 0 Å². The summed E-state index contributed by atoms with van der Waals surface area (Å²) in [6.45, 7) is 8.25. The third kappa shape index (κ3) is 4.07. The molecule has 0 aliphatic carbocycles. The highest BCUT2D eigenvalue weighted by atomic mass is 79.9. The molecule has 3 nitrogen and oxygen atoms in total. The molecule has 1 aromatic carbocycles. The number of halogens is 1. The molecule has 2 fully saturated rings. The molecule has 1 unspecified atom stereocenters. The Morgan fingerprint density at radius 3 is 2.71 bits per heavy atom.